The van der Waals surface area contributed by atoms with Crippen LogP contribution >= 0.6 is 0 Å². The molecule has 0 bridgehead atoms. The molecule has 6 nitrogen and oxygen atoms in total. The third-order valence-corrected chi connectivity index (χ3v) is 5.56. The smallest absolute Gasteiger partial charge is 0.306 e. The van der Waals surface area contributed by atoms with Crippen LogP contribution in [0.3, 0.4) is 0 Å². The standard InChI is InChI=1S/C23H19F3N4O2/c1-23(2,7-8-27)22-18(15(25)10-17(31)32)19-16(9-12-11-28-29-21(12)20(19)26)30(22)14-5-3-13(24)4-6-14/h3-6,9,11,15H,7,10H2,1-2H3,(H,28,29)(H,31,32)/t15-/m0/s1. The van der Waals surface area contributed by atoms with Gasteiger partial charge >= 0.3 is 5.97 Å². The van der Waals surface area contributed by atoms with Gasteiger partial charge in [-0.1, -0.05) is 13.8 Å². The number of nitrogens with zero attached hydrogens (tertiary/aromatic N) is 3. The van der Waals surface area contributed by atoms with Crippen molar-refractivity contribution in [2.24, 2.45) is 0 Å². The largest absolute Gasteiger partial charge is 0.481 e. The third-order valence-electron chi connectivity index (χ3n) is 5.56. The molecule has 0 saturated carbocycles. The van der Waals surface area contributed by atoms with E-state index in [1.54, 1.807) is 24.5 Å². The lowest BCUT2D eigenvalue weighted by Gasteiger charge is -2.27. The molecule has 4 rings (SSSR count). The number of aromatic nitrogens is 3. The van der Waals surface area contributed by atoms with Gasteiger partial charge < -0.3 is 9.67 Å². The molecular formula is C23H19F3N4O2. The highest BCUT2D eigenvalue weighted by molar-refractivity contribution is 6.00. The Kier molecular flexibility index (Phi) is 5.17. The quantitative estimate of drug-likeness (QED) is 0.416. The fourth-order valence-corrected chi connectivity index (χ4v) is 4.20. The second kappa shape index (κ2) is 7.71. The summed E-state index contributed by atoms with van der Waals surface area (Å²) in [4.78, 5) is 11.3. The molecule has 2 aromatic carbocycles. The Morgan fingerprint density at radius 1 is 1.31 bits per heavy atom. The van der Waals surface area contributed by atoms with E-state index >= 15 is 8.78 Å². The van der Waals surface area contributed by atoms with Crippen molar-refractivity contribution in [2.75, 3.05) is 0 Å². The first-order valence-corrected chi connectivity index (χ1v) is 9.85. The molecule has 0 fully saturated rings. The Morgan fingerprint density at radius 2 is 2.00 bits per heavy atom. The predicted molar refractivity (Wildman–Crippen MR) is 112 cm³/mol. The number of carboxylic acids is 1. The first kappa shape index (κ1) is 21.4. The van der Waals surface area contributed by atoms with Crippen LogP contribution in [0, 0.1) is 23.0 Å². The number of carboxylic acid groups (broad SMARTS) is 1. The monoisotopic (exact) mass is 440 g/mol. The Morgan fingerprint density at radius 3 is 2.62 bits per heavy atom. The van der Waals surface area contributed by atoms with Crippen LogP contribution in [0.1, 0.15) is 44.1 Å². The molecule has 2 heterocycles. The van der Waals surface area contributed by atoms with E-state index < -0.39 is 35.6 Å². The molecule has 0 radical (unpaired) electrons. The minimum atomic E-state index is -2.04. The van der Waals surface area contributed by atoms with Gasteiger partial charge in [-0.25, -0.2) is 13.2 Å². The van der Waals surface area contributed by atoms with Crippen molar-refractivity contribution in [1.82, 2.24) is 14.8 Å². The van der Waals surface area contributed by atoms with Crippen LogP contribution in [-0.4, -0.2) is 25.8 Å². The number of fused-ring (bicyclic) bond motifs is 2. The number of rotatable bonds is 6. The van der Waals surface area contributed by atoms with E-state index in [0.29, 0.717) is 11.1 Å². The molecule has 0 amide bonds. The van der Waals surface area contributed by atoms with Crippen LogP contribution in [0.15, 0.2) is 36.5 Å². The third kappa shape index (κ3) is 3.38. The number of benzene rings is 2. The van der Waals surface area contributed by atoms with Crippen LogP contribution in [0.5, 0.6) is 0 Å². The lowest BCUT2D eigenvalue weighted by molar-refractivity contribution is -0.138. The van der Waals surface area contributed by atoms with Gasteiger partial charge in [0.25, 0.3) is 0 Å². The zero-order valence-electron chi connectivity index (χ0n) is 17.3. The van der Waals surface area contributed by atoms with E-state index in [0.717, 1.165) is 0 Å². The van der Waals surface area contributed by atoms with Gasteiger partial charge in [-0.15, -0.1) is 0 Å². The molecule has 164 valence electrons. The van der Waals surface area contributed by atoms with Crippen LogP contribution in [-0.2, 0) is 10.2 Å². The van der Waals surface area contributed by atoms with Crippen LogP contribution in [0.4, 0.5) is 13.2 Å². The predicted octanol–water partition coefficient (Wildman–Crippen LogP) is 5.46. The molecule has 0 saturated heterocycles. The van der Waals surface area contributed by atoms with E-state index in [1.165, 1.54) is 30.5 Å². The van der Waals surface area contributed by atoms with Gasteiger partial charge in [0.1, 0.15) is 17.5 Å². The zero-order chi connectivity index (χ0) is 23.2. The van der Waals surface area contributed by atoms with Gasteiger partial charge in [0.15, 0.2) is 5.82 Å². The molecule has 9 heteroatoms. The van der Waals surface area contributed by atoms with Crippen molar-refractivity contribution in [2.45, 2.75) is 38.3 Å². The number of hydrogen-bond acceptors (Lipinski definition) is 3. The Bertz CT molecular complexity index is 1380. The first-order valence-electron chi connectivity index (χ1n) is 9.85. The number of aromatic amines is 1. The molecule has 0 aliphatic carbocycles. The molecule has 1 atom stereocenters. The van der Waals surface area contributed by atoms with Gasteiger partial charge in [-0.2, -0.15) is 10.4 Å². The van der Waals surface area contributed by atoms with Gasteiger partial charge in [0.05, 0.1) is 24.2 Å². The Balaban J connectivity index is 2.22. The number of alkyl halides is 1. The summed E-state index contributed by atoms with van der Waals surface area (Å²) in [5.41, 5.74) is -0.115. The van der Waals surface area contributed by atoms with Crippen LogP contribution in [0.25, 0.3) is 27.5 Å². The van der Waals surface area contributed by atoms with Gasteiger partial charge in [-0.05, 0) is 30.3 Å². The maximum Gasteiger partial charge on any atom is 0.306 e. The summed E-state index contributed by atoms with van der Waals surface area (Å²) in [6, 6.07) is 9.05. The minimum Gasteiger partial charge on any atom is -0.481 e. The van der Waals surface area contributed by atoms with Crippen molar-refractivity contribution in [3.63, 3.8) is 0 Å². The lowest BCUT2D eigenvalue weighted by Crippen LogP contribution is -2.23. The van der Waals surface area contributed by atoms with E-state index in [1.807, 2.05) is 0 Å². The van der Waals surface area contributed by atoms with Crippen molar-refractivity contribution in [3.05, 3.63) is 59.4 Å². The highest BCUT2D eigenvalue weighted by atomic mass is 19.1. The first-order chi connectivity index (χ1) is 15.2. The fourth-order valence-electron chi connectivity index (χ4n) is 4.20. The van der Waals surface area contributed by atoms with Gasteiger partial charge in [0.2, 0.25) is 0 Å². The fraction of sp³-hybridized carbons (Fsp3) is 0.261. The Hall–Kier alpha value is -3.80. The lowest BCUT2D eigenvalue weighted by atomic mass is 9.82. The molecule has 2 N–H and O–H groups in total. The topological polar surface area (TPSA) is 94.7 Å². The van der Waals surface area contributed by atoms with E-state index in [-0.39, 0.29) is 34.1 Å². The second-order valence-electron chi connectivity index (χ2n) is 8.28. The summed E-state index contributed by atoms with van der Waals surface area (Å²) in [5.74, 6) is -2.64. The summed E-state index contributed by atoms with van der Waals surface area (Å²) in [6.45, 7) is 3.40. The molecule has 0 unspecified atom stereocenters. The van der Waals surface area contributed by atoms with Crippen molar-refractivity contribution in [3.8, 4) is 11.8 Å². The molecule has 4 aromatic rings. The van der Waals surface area contributed by atoms with Crippen LogP contribution < -0.4 is 0 Å². The van der Waals surface area contributed by atoms with Crippen molar-refractivity contribution < 1.29 is 23.1 Å². The van der Waals surface area contributed by atoms with Crippen molar-refractivity contribution in [1.29, 1.82) is 5.26 Å². The highest BCUT2D eigenvalue weighted by Gasteiger charge is 2.36. The molecule has 32 heavy (non-hydrogen) atoms. The van der Waals surface area contributed by atoms with Crippen LogP contribution in [0.2, 0.25) is 0 Å². The normalized spacial score (nSPS) is 12.9. The summed E-state index contributed by atoms with van der Waals surface area (Å²) >= 11 is 0. The molecule has 0 spiro atoms. The number of carbonyl (C=O) groups is 1. The molecular weight excluding hydrogens is 421 g/mol. The zero-order valence-corrected chi connectivity index (χ0v) is 17.3. The number of halogens is 3. The summed E-state index contributed by atoms with van der Waals surface area (Å²) in [5, 5.41) is 25.4. The number of hydrogen-bond donors (Lipinski definition) is 2. The van der Waals surface area contributed by atoms with Gasteiger partial charge in [0, 0.05) is 39.6 Å². The van der Waals surface area contributed by atoms with E-state index in [4.69, 9.17) is 0 Å². The van der Waals surface area contributed by atoms with E-state index in [9.17, 15) is 19.6 Å². The number of nitriles is 1. The number of aliphatic carboxylic acids is 1. The average Bonchev–Trinajstić information content (AvgIpc) is 3.32. The Labute approximate surface area is 180 Å². The maximum atomic E-state index is 15.7. The molecule has 0 aliphatic heterocycles. The van der Waals surface area contributed by atoms with Crippen molar-refractivity contribution >= 4 is 27.8 Å². The number of nitrogens with one attached hydrogen (secondary N) is 1. The summed E-state index contributed by atoms with van der Waals surface area (Å²) in [7, 11) is 0. The minimum absolute atomic E-state index is 0.0433. The van der Waals surface area contributed by atoms with E-state index in [2.05, 4.69) is 16.3 Å². The SMILES string of the molecule is CC(C)(CC#N)c1c([C@@H](F)CC(=O)O)c2c(F)c3[nH]ncc3cc2n1-c1ccc(F)cc1. The molecule has 0 aliphatic rings. The second-order valence-corrected chi connectivity index (χ2v) is 8.28. The number of H-pyrrole nitrogens is 1. The molecule has 2 aromatic heterocycles. The average molecular weight is 440 g/mol. The van der Waals surface area contributed by atoms with Gasteiger partial charge in [-0.3, -0.25) is 9.89 Å². The summed E-state index contributed by atoms with van der Waals surface area (Å²) in [6.07, 6.45) is -1.54. The highest BCUT2D eigenvalue weighted by Crippen LogP contribution is 2.45. The maximum absolute atomic E-state index is 15.7. The summed E-state index contributed by atoms with van der Waals surface area (Å²) < 4.78 is 46.4.